The van der Waals surface area contributed by atoms with Gasteiger partial charge in [-0.15, -0.1) is 0 Å². The highest BCUT2D eigenvalue weighted by Crippen LogP contribution is 2.32. The van der Waals surface area contributed by atoms with Gasteiger partial charge in [0, 0.05) is 0 Å². The standard InChI is InChI=1S/C12H12Cl3NO3/c1-6(2)12(18)19-5-11(17)16-10-4-8(14)7(13)3-9(10)15/h3-4,6H,5H2,1-2H3,(H,16,17). The van der Waals surface area contributed by atoms with Gasteiger partial charge in [0.1, 0.15) is 0 Å². The highest BCUT2D eigenvalue weighted by molar-refractivity contribution is 6.44. The Morgan fingerprint density at radius 1 is 1.16 bits per heavy atom. The van der Waals surface area contributed by atoms with Crippen LogP contribution in [0, 0.1) is 5.92 Å². The van der Waals surface area contributed by atoms with E-state index in [1.807, 2.05) is 0 Å². The van der Waals surface area contributed by atoms with Gasteiger partial charge >= 0.3 is 5.97 Å². The molecule has 0 fully saturated rings. The number of esters is 1. The molecular weight excluding hydrogens is 312 g/mol. The van der Waals surface area contributed by atoms with Gasteiger partial charge < -0.3 is 10.1 Å². The molecule has 0 aliphatic heterocycles. The van der Waals surface area contributed by atoms with Gasteiger partial charge in [-0.05, 0) is 12.1 Å². The number of nitrogens with one attached hydrogen (secondary N) is 1. The van der Waals surface area contributed by atoms with Crippen LogP contribution in [0.2, 0.25) is 15.1 Å². The number of rotatable bonds is 4. The van der Waals surface area contributed by atoms with E-state index in [2.05, 4.69) is 5.32 Å². The molecule has 1 aromatic rings. The van der Waals surface area contributed by atoms with E-state index in [1.54, 1.807) is 13.8 Å². The molecule has 0 saturated carbocycles. The number of amides is 1. The second-order valence-electron chi connectivity index (χ2n) is 4.06. The first-order valence-electron chi connectivity index (χ1n) is 5.42. The van der Waals surface area contributed by atoms with Crippen LogP contribution >= 0.6 is 34.8 Å². The molecule has 0 heterocycles. The Morgan fingerprint density at radius 2 is 1.74 bits per heavy atom. The minimum Gasteiger partial charge on any atom is -0.455 e. The molecule has 0 spiro atoms. The first-order valence-corrected chi connectivity index (χ1v) is 6.55. The molecule has 0 aliphatic rings. The van der Waals surface area contributed by atoms with Crippen LogP contribution in [0.1, 0.15) is 13.8 Å². The summed E-state index contributed by atoms with van der Waals surface area (Å²) in [5, 5.41) is 3.28. The van der Waals surface area contributed by atoms with Crippen molar-refractivity contribution in [3.63, 3.8) is 0 Å². The maximum Gasteiger partial charge on any atom is 0.308 e. The van der Waals surface area contributed by atoms with Crippen LogP contribution in [0.3, 0.4) is 0 Å². The summed E-state index contributed by atoms with van der Waals surface area (Å²) in [6.07, 6.45) is 0. The lowest BCUT2D eigenvalue weighted by Gasteiger charge is -2.10. The highest BCUT2D eigenvalue weighted by atomic mass is 35.5. The second-order valence-corrected chi connectivity index (χ2v) is 5.28. The molecular formula is C12H12Cl3NO3. The van der Waals surface area contributed by atoms with E-state index in [-0.39, 0.29) is 27.6 Å². The smallest absolute Gasteiger partial charge is 0.308 e. The Bertz CT molecular complexity index is 503. The van der Waals surface area contributed by atoms with Gasteiger partial charge in [0.25, 0.3) is 5.91 Å². The van der Waals surface area contributed by atoms with Gasteiger partial charge in [0.15, 0.2) is 6.61 Å². The van der Waals surface area contributed by atoms with Crippen LogP contribution in [-0.2, 0) is 14.3 Å². The molecule has 0 aromatic heterocycles. The quantitative estimate of drug-likeness (QED) is 0.677. The molecule has 0 radical (unpaired) electrons. The summed E-state index contributed by atoms with van der Waals surface area (Å²) >= 11 is 17.5. The monoisotopic (exact) mass is 323 g/mol. The summed E-state index contributed by atoms with van der Waals surface area (Å²) in [5.74, 6) is -1.24. The number of hydrogen-bond acceptors (Lipinski definition) is 3. The van der Waals surface area contributed by atoms with Crippen molar-refractivity contribution in [2.75, 3.05) is 11.9 Å². The van der Waals surface area contributed by atoms with E-state index < -0.39 is 11.9 Å². The van der Waals surface area contributed by atoms with E-state index in [4.69, 9.17) is 39.5 Å². The van der Waals surface area contributed by atoms with Crippen LogP contribution in [0.4, 0.5) is 5.69 Å². The second kappa shape index (κ2) is 6.98. The van der Waals surface area contributed by atoms with Gasteiger partial charge in [-0.1, -0.05) is 48.7 Å². The molecule has 0 bridgehead atoms. The van der Waals surface area contributed by atoms with Gasteiger partial charge in [-0.3, -0.25) is 9.59 Å². The summed E-state index contributed by atoms with van der Waals surface area (Å²) in [5.41, 5.74) is 0.307. The summed E-state index contributed by atoms with van der Waals surface area (Å²) in [4.78, 5) is 22.8. The number of ether oxygens (including phenoxy) is 1. The predicted octanol–water partition coefficient (Wildman–Crippen LogP) is 3.78. The van der Waals surface area contributed by atoms with Crippen LogP contribution in [-0.4, -0.2) is 18.5 Å². The molecule has 19 heavy (non-hydrogen) atoms. The number of carbonyl (C=O) groups excluding carboxylic acids is 2. The van der Waals surface area contributed by atoms with Crippen molar-refractivity contribution < 1.29 is 14.3 Å². The van der Waals surface area contributed by atoms with Gasteiger partial charge in [0.2, 0.25) is 0 Å². The van der Waals surface area contributed by atoms with Gasteiger partial charge in [-0.25, -0.2) is 0 Å². The minimum atomic E-state index is -0.505. The van der Waals surface area contributed by atoms with Gasteiger partial charge in [0.05, 0.1) is 26.7 Å². The largest absolute Gasteiger partial charge is 0.455 e. The third-order valence-electron chi connectivity index (χ3n) is 2.10. The normalized spacial score (nSPS) is 10.4. The Balaban J connectivity index is 2.63. The maximum absolute atomic E-state index is 11.6. The molecule has 0 saturated heterocycles. The molecule has 104 valence electrons. The predicted molar refractivity (Wildman–Crippen MR) is 75.9 cm³/mol. The molecule has 7 heteroatoms. The molecule has 1 amide bonds. The van der Waals surface area contributed by atoms with Crippen LogP contribution in [0.15, 0.2) is 12.1 Å². The van der Waals surface area contributed by atoms with Crippen molar-refractivity contribution in [2.45, 2.75) is 13.8 Å². The Labute approximate surface area is 126 Å². The molecule has 0 unspecified atom stereocenters. The van der Waals surface area contributed by atoms with Crippen molar-refractivity contribution in [3.8, 4) is 0 Å². The van der Waals surface area contributed by atoms with Crippen LogP contribution in [0.25, 0.3) is 0 Å². The first kappa shape index (κ1) is 16.1. The summed E-state index contributed by atoms with van der Waals surface area (Å²) in [6, 6.07) is 2.84. The molecule has 1 rings (SSSR count). The van der Waals surface area contributed by atoms with E-state index in [0.29, 0.717) is 5.69 Å². The molecule has 1 aromatic carbocycles. The van der Waals surface area contributed by atoms with Crippen molar-refractivity contribution in [2.24, 2.45) is 5.92 Å². The van der Waals surface area contributed by atoms with Crippen LogP contribution in [0.5, 0.6) is 0 Å². The lowest BCUT2D eigenvalue weighted by Crippen LogP contribution is -2.23. The van der Waals surface area contributed by atoms with E-state index in [0.717, 1.165) is 0 Å². The maximum atomic E-state index is 11.6. The average molecular weight is 325 g/mol. The van der Waals surface area contributed by atoms with Gasteiger partial charge in [-0.2, -0.15) is 0 Å². The number of halogens is 3. The summed E-state index contributed by atoms with van der Waals surface area (Å²) in [7, 11) is 0. The third-order valence-corrected chi connectivity index (χ3v) is 3.14. The SMILES string of the molecule is CC(C)C(=O)OCC(=O)Nc1cc(Cl)c(Cl)cc1Cl. The summed E-state index contributed by atoms with van der Waals surface area (Å²) < 4.78 is 4.78. The molecule has 0 atom stereocenters. The fourth-order valence-corrected chi connectivity index (χ4v) is 1.70. The van der Waals surface area contributed by atoms with E-state index >= 15 is 0 Å². The van der Waals surface area contributed by atoms with Crippen molar-refractivity contribution >= 4 is 52.4 Å². The zero-order chi connectivity index (χ0) is 14.6. The molecule has 0 aliphatic carbocycles. The Hall–Kier alpha value is -0.970. The third kappa shape index (κ3) is 4.90. The summed E-state index contributed by atoms with van der Waals surface area (Å²) in [6.45, 7) is 2.97. The molecule has 4 nitrogen and oxygen atoms in total. The topological polar surface area (TPSA) is 55.4 Å². The number of benzene rings is 1. The van der Waals surface area contributed by atoms with Crippen molar-refractivity contribution in [1.82, 2.24) is 0 Å². The van der Waals surface area contributed by atoms with E-state index in [1.165, 1.54) is 12.1 Å². The van der Waals surface area contributed by atoms with Crippen molar-refractivity contribution in [3.05, 3.63) is 27.2 Å². The Kier molecular flexibility index (Phi) is 5.91. The number of hydrogen-bond donors (Lipinski definition) is 1. The first-order chi connectivity index (χ1) is 8.81. The fraction of sp³-hybridized carbons (Fsp3) is 0.333. The van der Waals surface area contributed by atoms with E-state index in [9.17, 15) is 9.59 Å². The highest BCUT2D eigenvalue weighted by Gasteiger charge is 2.13. The average Bonchev–Trinajstić information content (AvgIpc) is 2.32. The van der Waals surface area contributed by atoms with Crippen molar-refractivity contribution in [1.29, 1.82) is 0 Å². The zero-order valence-electron chi connectivity index (χ0n) is 10.3. The number of anilines is 1. The fourth-order valence-electron chi connectivity index (χ4n) is 1.11. The minimum absolute atomic E-state index is 0.248. The lowest BCUT2D eigenvalue weighted by molar-refractivity contribution is -0.150. The molecule has 1 N–H and O–H groups in total. The lowest BCUT2D eigenvalue weighted by atomic mass is 10.2. The van der Waals surface area contributed by atoms with Crippen LogP contribution < -0.4 is 5.32 Å². The Morgan fingerprint density at radius 3 is 2.32 bits per heavy atom. The number of carbonyl (C=O) groups is 2. The zero-order valence-corrected chi connectivity index (χ0v) is 12.6.